The van der Waals surface area contributed by atoms with E-state index >= 15 is 0 Å². The third-order valence-electron chi connectivity index (χ3n) is 5.93. The predicted molar refractivity (Wildman–Crippen MR) is 116 cm³/mol. The van der Waals surface area contributed by atoms with Gasteiger partial charge in [0, 0.05) is 31.9 Å². The van der Waals surface area contributed by atoms with Crippen molar-refractivity contribution in [3.8, 4) is 28.9 Å². The zero-order valence-corrected chi connectivity index (χ0v) is 18.1. The second kappa shape index (κ2) is 8.40. The minimum Gasteiger partial charge on any atom is -0.493 e. The standard InChI is InChI=1S/C23H23FN6O2/c1-14-8-17(10-25)20(24)9-18(14)19-12-27-30(23(19)32)21-5-4-16(11-26-21)22(31)29-7-6-28(3)15(2)13-29/h4-5,8-9,11-12,15,32H,6-7,13H2,1-3H3/t15-/m0/s1. The molecule has 4 rings (SSSR count). The highest BCUT2D eigenvalue weighted by Crippen LogP contribution is 2.34. The summed E-state index contributed by atoms with van der Waals surface area (Å²) < 4.78 is 15.3. The van der Waals surface area contributed by atoms with Crippen LogP contribution in [0, 0.1) is 24.1 Å². The summed E-state index contributed by atoms with van der Waals surface area (Å²) in [6.07, 6.45) is 2.88. The summed E-state index contributed by atoms with van der Waals surface area (Å²) in [4.78, 5) is 21.1. The lowest BCUT2D eigenvalue weighted by molar-refractivity contribution is 0.0572. The Morgan fingerprint density at radius 1 is 1.25 bits per heavy atom. The molecular weight excluding hydrogens is 411 g/mol. The molecule has 1 aromatic carbocycles. The summed E-state index contributed by atoms with van der Waals surface area (Å²) in [6, 6.07) is 7.99. The normalized spacial score (nSPS) is 16.7. The summed E-state index contributed by atoms with van der Waals surface area (Å²) in [7, 11) is 2.04. The van der Waals surface area contributed by atoms with E-state index in [4.69, 9.17) is 5.26 Å². The minimum atomic E-state index is -0.667. The number of carbonyl (C=O) groups excluding carboxylic acids is 1. The molecule has 0 aliphatic carbocycles. The molecule has 3 heterocycles. The first kappa shape index (κ1) is 21.5. The smallest absolute Gasteiger partial charge is 0.255 e. The van der Waals surface area contributed by atoms with Crippen LogP contribution in [0.25, 0.3) is 16.9 Å². The van der Waals surface area contributed by atoms with Crippen LogP contribution in [0.15, 0.2) is 36.7 Å². The predicted octanol–water partition coefficient (Wildman–Crippen LogP) is 2.74. The second-order valence-electron chi connectivity index (χ2n) is 8.04. The van der Waals surface area contributed by atoms with E-state index in [0.29, 0.717) is 41.2 Å². The number of rotatable bonds is 3. The fourth-order valence-electron chi connectivity index (χ4n) is 3.81. The molecule has 32 heavy (non-hydrogen) atoms. The molecule has 164 valence electrons. The van der Waals surface area contributed by atoms with Crippen molar-refractivity contribution in [3.63, 3.8) is 0 Å². The Labute approximate surface area is 185 Å². The number of likely N-dealkylation sites (N-methyl/N-ethyl adjacent to an activating group) is 1. The number of carbonyl (C=O) groups is 1. The van der Waals surface area contributed by atoms with Crippen molar-refractivity contribution in [2.75, 3.05) is 26.7 Å². The van der Waals surface area contributed by atoms with Gasteiger partial charge in [0.05, 0.1) is 22.9 Å². The van der Waals surface area contributed by atoms with Gasteiger partial charge >= 0.3 is 0 Å². The average Bonchev–Trinajstić information content (AvgIpc) is 3.17. The Hall–Kier alpha value is -3.77. The lowest BCUT2D eigenvalue weighted by atomic mass is 10.0. The third-order valence-corrected chi connectivity index (χ3v) is 5.93. The number of pyridine rings is 1. The van der Waals surface area contributed by atoms with Crippen LogP contribution in [0.2, 0.25) is 0 Å². The molecule has 2 aromatic heterocycles. The fourth-order valence-corrected chi connectivity index (χ4v) is 3.81. The van der Waals surface area contributed by atoms with Crippen molar-refractivity contribution in [2.45, 2.75) is 19.9 Å². The van der Waals surface area contributed by atoms with Gasteiger partial charge in [0.15, 0.2) is 5.82 Å². The molecule has 0 spiro atoms. The average molecular weight is 434 g/mol. The molecule has 0 unspecified atom stereocenters. The van der Waals surface area contributed by atoms with Gasteiger partial charge in [0.1, 0.15) is 11.9 Å². The van der Waals surface area contributed by atoms with Crippen molar-refractivity contribution in [1.82, 2.24) is 24.6 Å². The summed E-state index contributed by atoms with van der Waals surface area (Å²) >= 11 is 0. The van der Waals surface area contributed by atoms with Crippen LogP contribution < -0.4 is 0 Å². The van der Waals surface area contributed by atoms with Crippen LogP contribution in [0.1, 0.15) is 28.4 Å². The first-order valence-corrected chi connectivity index (χ1v) is 10.2. The maximum atomic E-state index is 14.1. The van der Waals surface area contributed by atoms with E-state index in [1.165, 1.54) is 29.2 Å². The zero-order chi connectivity index (χ0) is 23.0. The highest BCUT2D eigenvalue weighted by molar-refractivity contribution is 5.94. The number of aryl methyl sites for hydroxylation is 1. The van der Waals surface area contributed by atoms with Gasteiger partial charge in [0.2, 0.25) is 5.88 Å². The molecule has 0 radical (unpaired) electrons. The van der Waals surface area contributed by atoms with Gasteiger partial charge in [-0.15, -0.1) is 0 Å². The molecule has 8 nitrogen and oxygen atoms in total. The number of benzene rings is 1. The van der Waals surface area contributed by atoms with Crippen LogP contribution in [0.3, 0.4) is 0 Å². The number of nitrogens with zero attached hydrogens (tertiary/aromatic N) is 6. The lowest BCUT2D eigenvalue weighted by Crippen LogP contribution is -2.52. The van der Waals surface area contributed by atoms with Gasteiger partial charge < -0.3 is 14.9 Å². The van der Waals surface area contributed by atoms with E-state index in [9.17, 15) is 14.3 Å². The second-order valence-corrected chi connectivity index (χ2v) is 8.04. The minimum absolute atomic E-state index is 0.0604. The Kier molecular flexibility index (Phi) is 5.63. The number of piperazine rings is 1. The van der Waals surface area contributed by atoms with Crippen molar-refractivity contribution in [1.29, 1.82) is 5.26 Å². The molecule has 3 aromatic rings. The maximum Gasteiger partial charge on any atom is 0.255 e. The van der Waals surface area contributed by atoms with Crippen molar-refractivity contribution < 1.29 is 14.3 Å². The lowest BCUT2D eigenvalue weighted by Gasteiger charge is -2.37. The molecule has 1 atom stereocenters. The third kappa shape index (κ3) is 3.81. The quantitative estimate of drug-likeness (QED) is 0.681. The molecule has 1 aliphatic heterocycles. The molecule has 1 N–H and O–H groups in total. The Balaban J connectivity index is 1.59. The van der Waals surface area contributed by atoms with Gasteiger partial charge in [-0.1, -0.05) is 0 Å². The van der Waals surface area contributed by atoms with Crippen LogP contribution >= 0.6 is 0 Å². The summed E-state index contributed by atoms with van der Waals surface area (Å²) in [5.41, 5.74) is 1.78. The highest BCUT2D eigenvalue weighted by atomic mass is 19.1. The number of amides is 1. The monoisotopic (exact) mass is 434 g/mol. The SMILES string of the molecule is Cc1cc(C#N)c(F)cc1-c1cnn(-c2ccc(C(=O)N3CCN(C)[C@@H](C)C3)cn2)c1O. The Morgan fingerprint density at radius 3 is 2.69 bits per heavy atom. The molecule has 0 saturated carbocycles. The highest BCUT2D eigenvalue weighted by Gasteiger charge is 2.25. The van der Waals surface area contributed by atoms with E-state index in [2.05, 4.69) is 21.9 Å². The molecular formula is C23H23FN6O2. The number of hydrogen-bond donors (Lipinski definition) is 1. The van der Waals surface area contributed by atoms with E-state index in [-0.39, 0.29) is 23.4 Å². The fraction of sp³-hybridized carbons (Fsp3) is 0.304. The Morgan fingerprint density at radius 2 is 2.03 bits per heavy atom. The largest absolute Gasteiger partial charge is 0.493 e. The molecule has 9 heteroatoms. The zero-order valence-electron chi connectivity index (χ0n) is 18.1. The van der Waals surface area contributed by atoms with Gasteiger partial charge in [-0.2, -0.15) is 15.0 Å². The topological polar surface area (TPSA) is 98.3 Å². The van der Waals surface area contributed by atoms with E-state index in [1.807, 2.05) is 11.9 Å². The van der Waals surface area contributed by atoms with Gasteiger partial charge in [0.25, 0.3) is 5.91 Å². The van der Waals surface area contributed by atoms with Crippen molar-refractivity contribution in [3.05, 3.63) is 59.2 Å². The molecule has 1 aliphatic rings. The molecule has 1 amide bonds. The van der Waals surface area contributed by atoms with Crippen LogP contribution in [0.5, 0.6) is 5.88 Å². The Bertz CT molecular complexity index is 1210. The van der Waals surface area contributed by atoms with Crippen LogP contribution in [-0.4, -0.2) is 68.3 Å². The molecule has 0 bridgehead atoms. The number of nitriles is 1. The summed E-state index contributed by atoms with van der Waals surface area (Å²) in [6.45, 7) is 5.94. The number of halogens is 1. The van der Waals surface area contributed by atoms with Crippen LogP contribution in [0.4, 0.5) is 4.39 Å². The number of aromatic nitrogens is 3. The van der Waals surface area contributed by atoms with E-state index in [1.54, 1.807) is 25.1 Å². The van der Waals surface area contributed by atoms with Gasteiger partial charge in [-0.05, 0) is 56.3 Å². The first-order valence-electron chi connectivity index (χ1n) is 10.2. The van der Waals surface area contributed by atoms with Crippen molar-refractivity contribution >= 4 is 5.91 Å². The van der Waals surface area contributed by atoms with Crippen molar-refractivity contribution in [2.24, 2.45) is 0 Å². The summed E-state index contributed by atoms with van der Waals surface area (Å²) in [5, 5.41) is 23.9. The maximum absolute atomic E-state index is 14.1. The number of hydrogen-bond acceptors (Lipinski definition) is 6. The van der Waals surface area contributed by atoms with Gasteiger partial charge in [-0.3, -0.25) is 4.79 Å². The van der Waals surface area contributed by atoms with Crippen LogP contribution in [-0.2, 0) is 0 Å². The van der Waals surface area contributed by atoms with Gasteiger partial charge in [-0.25, -0.2) is 9.37 Å². The summed E-state index contributed by atoms with van der Waals surface area (Å²) in [5.74, 6) is -0.641. The first-order chi connectivity index (χ1) is 15.3. The molecule has 1 fully saturated rings. The van der Waals surface area contributed by atoms with E-state index in [0.717, 1.165) is 6.54 Å². The van der Waals surface area contributed by atoms with E-state index < -0.39 is 5.82 Å². The number of aromatic hydroxyl groups is 1. The molecule has 1 saturated heterocycles.